The molecule has 0 radical (unpaired) electrons. The Kier molecular flexibility index (Phi) is 8.24. The fourth-order valence-electron chi connectivity index (χ4n) is 5.30. The molecule has 2 aromatic rings. The van der Waals surface area contributed by atoms with Crippen molar-refractivity contribution in [1.29, 1.82) is 0 Å². The third-order valence-corrected chi connectivity index (χ3v) is 8.48. The number of carbonyl (C=O) groups is 1. The molecule has 3 aliphatic heterocycles. The zero-order chi connectivity index (χ0) is 25.8. The third kappa shape index (κ3) is 5.90. The van der Waals surface area contributed by atoms with Crippen LogP contribution in [0.2, 0.25) is 0 Å². The monoisotopic (exact) mass is 524 g/mol. The zero-order valence-electron chi connectivity index (χ0n) is 21.7. The number of rotatable bonds is 7. The van der Waals surface area contributed by atoms with Gasteiger partial charge < -0.3 is 23.8 Å². The molecular weight excluding hydrogens is 488 g/mol. The number of amides is 1. The molecule has 0 spiro atoms. The normalized spacial score (nSPS) is 20.9. The summed E-state index contributed by atoms with van der Waals surface area (Å²) in [5, 5.41) is 0. The number of likely N-dealkylation sites (N-methyl/N-ethyl adjacent to an activating group) is 1. The van der Waals surface area contributed by atoms with Crippen molar-refractivity contribution in [2.24, 2.45) is 0 Å². The van der Waals surface area contributed by atoms with Crippen molar-refractivity contribution < 1.29 is 18.8 Å². The SMILES string of the molecule is COc1cc(N[S@+]([O-])c2cccc3c2N(C)CC=C3)ccc1C(=O)N1CCN(CC2CCCCO2)CC1. The van der Waals surface area contributed by atoms with Gasteiger partial charge in [0.1, 0.15) is 22.8 Å². The van der Waals surface area contributed by atoms with Crippen LogP contribution >= 0.6 is 0 Å². The molecular formula is C28H36N4O4S. The third-order valence-electron chi connectivity index (χ3n) is 7.33. The first-order chi connectivity index (χ1) is 18.0. The van der Waals surface area contributed by atoms with Gasteiger partial charge in [0, 0.05) is 64.6 Å². The van der Waals surface area contributed by atoms with Gasteiger partial charge in [0.25, 0.3) is 5.91 Å². The molecule has 5 rings (SSSR count). The Morgan fingerprint density at radius 3 is 2.78 bits per heavy atom. The molecule has 0 aliphatic carbocycles. The summed E-state index contributed by atoms with van der Waals surface area (Å²) in [5.74, 6) is 0.434. The second kappa shape index (κ2) is 11.8. The number of carbonyl (C=O) groups excluding carboxylic acids is 1. The molecule has 1 amide bonds. The van der Waals surface area contributed by atoms with Crippen LogP contribution in [0.5, 0.6) is 5.75 Å². The number of hydrogen-bond donors (Lipinski definition) is 1. The number of hydrogen-bond acceptors (Lipinski definition) is 7. The number of nitrogens with zero attached hydrogens (tertiary/aromatic N) is 3. The van der Waals surface area contributed by atoms with Crippen LogP contribution in [-0.4, -0.2) is 86.4 Å². The lowest BCUT2D eigenvalue weighted by Crippen LogP contribution is -2.50. The smallest absolute Gasteiger partial charge is 0.257 e. The van der Waals surface area contributed by atoms with E-state index in [2.05, 4.69) is 26.7 Å². The number of methoxy groups -OCH3 is 1. The summed E-state index contributed by atoms with van der Waals surface area (Å²) in [6.45, 7) is 5.63. The standard InChI is InChI=1S/C28H36N4O4S/c1-30-13-6-8-21-7-5-10-26(27(21)30)37(34)29-22-11-12-24(25(19-22)35-2)28(33)32-16-14-31(15-17-32)20-23-9-3-4-18-36-23/h5-8,10-12,19,23,29H,3-4,9,13-18,20H2,1-2H3/t23?,37-/m1/s1. The lowest BCUT2D eigenvalue weighted by atomic mass is 10.1. The predicted octanol–water partition coefficient (Wildman–Crippen LogP) is 3.62. The van der Waals surface area contributed by atoms with Crippen molar-refractivity contribution in [3.63, 3.8) is 0 Å². The maximum Gasteiger partial charge on any atom is 0.257 e. The Morgan fingerprint density at radius 2 is 2.03 bits per heavy atom. The predicted molar refractivity (Wildman–Crippen MR) is 148 cm³/mol. The van der Waals surface area contributed by atoms with Crippen LogP contribution in [0.3, 0.4) is 0 Å². The van der Waals surface area contributed by atoms with E-state index in [0.29, 0.717) is 36.2 Å². The van der Waals surface area contributed by atoms with Crippen molar-refractivity contribution in [1.82, 2.24) is 9.80 Å². The van der Waals surface area contributed by atoms with Crippen LogP contribution in [0, 0.1) is 0 Å². The molecule has 2 atom stereocenters. The molecule has 0 aromatic heterocycles. The van der Waals surface area contributed by atoms with Gasteiger partial charge in [0.2, 0.25) is 4.90 Å². The molecule has 0 saturated carbocycles. The van der Waals surface area contributed by atoms with E-state index in [9.17, 15) is 9.35 Å². The van der Waals surface area contributed by atoms with Gasteiger partial charge in [0.15, 0.2) is 0 Å². The highest BCUT2D eigenvalue weighted by molar-refractivity contribution is 7.92. The number of anilines is 2. The lowest BCUT2D eigenvalue weighted by Gasteiger charge is -2.37. The van der Waals surface area contributed by atoms with Crippen LogP contribution < -0.4 is 14.4 Å². The van der Waals surface area contributed by atoms with Crippen molar-refractivity contribution in [2.45, 2.75) is 30.3 Å². The molecule has 9 heteroatoms. The Labute approximate surface area is 222 Å². The summed E-state index contributed by atoms with van der Waals surface area (Å²) < 4.78 is 27.8. The minimum absolute atomic E-state index is 0.0383. The number of nitrogens with one attached hydrogen (secondary N) is 1. The van der Waals surface area contributed by atoms with E-state index in [1.54, 1.807) is 25.3 Å². The molecule has 2 saturated heterocycles. The summed E-state index contributed by atoms with van der Waals surface area (Å²) in [7, 11) is 3.56. The maximum absolute atomic E-state index is 13.3. The van der Waals surface area contributed by atoms with Crippen LogP contribution in [0.1, 0.15) is 35.2 Å². The summed E-state index contributed by atoms with van der Waals surface area (Å²) >= 11 is -1.48. The van der Waals surface area contributed by atoms with Crippen molar-refractivity contribution in [3.8, 4) is 5.75 Å². The molecule has 1 N–H and O–H groups in total. The quantitative estimate of drug-likeness (QED) is 0.554. The van der Waals surface area contributed by atoms with Crippen LogP contribution in [0.4, 0.5) is 11.4 Å². The first-order valence-corrected chi connectivity index (χ1v) is 14.2. The molecule has 2 aromatic carbocycles. The largest absolute Gasteiger partial charge is 0.588 e. The highest BCUT2D eigenvalue weighted by Gasteiger charge is 2.28. The van der Waals surface area contributed by atoms with E-state index < -0.39 is 11.4 Å². The fraction of sp³-hybridized carbons (Fsp3) is 0.464. The Bertz CT molecular complexity index is 1130. The minimum Gasteiger partial charge on any atom is -0.588 e. The van der Waals surface area contributed by atoms with E-state index in [-0.39, 0.29) is 5.91 Å². The number of ether oxygens (including phenoxy) is 2. The van der Waals surface area contributed by atoms with Gasteiger partial charge in [-0.3, -0.25) is 9.69 Å². The summed E-state index contributed by atoms with van der Waals surface area (Å²) in [4.78, 5) is 20.4. The summed E-state index contributed by atoms with van der Waals surface area (Å²) in [5.41, 5.74) is 3.16. The molecule has 0 bridgehead atoms. The highest BCUT2D eigenvalue weighted by atomic mass is 32.2. The van der Waals surface area contributed by atoms with E-state index in [0.717, 1.165) is 61.8 Å². The first kappa shape index (κ1) is 25.9. The fourth-order valence-corrected chi connectivity index (χ4v) is 6.40. The Balaban J connectivity index is 1.23. The molecule has 1 unspecified atom stereocenters. The summed E-state index contributed by atoms with van der Waals surface area (Å²) in [6.07, 6.45) is 8.00. The zero-order valence-corrected chi connectivity index (χ0v) is 22.5. The van der Waals surface area contributed by atoms with Crippen LogP contribution in [-0.2, 0) is 16.1 Å². The Morgan fingerprint density at radius 1 is 1.19 bits per heavy atom. The molecule has 37 heavy (non-hydrogen) atoms. The lowest BCUT2D eigenvalue weighted by molar-refractivity contribution is -0.0130. The molecule has 2 fully saturated rings. The van der Waals surface area contributed by atoms with Gasteiger partial charge in [-0.25, -0.2) is 4.72 Å². The van der Waals surface area contributed by atoms with Gasteiger partial charge in [-0.2, -0.15) is 0 Å². The van der Waals surface area contributed by atoms with Crippen molar-refractivity contribution in [2.75, 3.05) is 69.7 Å². The average Bonchev–Trinajstić information content (AvgIpc) is 2.93. The number of para-hydroxylation sites is 1. The van der Waals surface area contributed by atoms with E-state index in [1.807, 2.05) is 30.1 Å². The van der Waals surface area contributed by atoms with Gasteiger partial charge in [-0.05, 0) is 37.5 Å². The van der Waals surface area contributed by atoms with Gasteiger partial charge >= 0.3 is 0 Å². The first-order valence-electron chi connectivity index (χ1n) is 13.0. The highest BCUT2D eigenvalue weighted by Crippen LogP contribution is 2.34. The van der Waals surface area contributed by atoms with Crippen molar-refractivity contribution in [3.05, 3.63) is 53.6 Å². The maximum atomic E-state index is 13.3. The van der Waals surface area contributed by atoms with Gasteiger partial charge in [-0.15, -0.1) is 0 Å². The van der Waals surface area contributed by atoms with Crippen LogP contribution in [0.15, 0.2) is 47.4 Å². The number of benzene rings is 2. The Hall–Kier alpha value is -2.72. The average molecular weight is 525 g/mol. The molecule has 198 valence electrons. The minimum atomic E-state index is -1.48. The van der Waals surface area contributed by atoms with Crippen LogP contribution in [0.25, 0.3) is 6.08 Å². The van der Waals surface area contributed by atoms with E-state index in [1.165, 1.54) is 6.42 Å². The molecule has 3 aliphatic rings. The topological polar surface area (TPSA) is 80.3 Å². The van der Waals surface area contributed by atoms with Gasteiger partial charge in [0.05, 0.1) is 24.5 Å². The van der Waals surface area contributed by atoms with E-state index >= 15 is 0 Å². The number of piperazine rings is 1. The summed E-state index contributed by atoms with van der Waals surface area (Å²) in [6, 6.07) is 11.1. The second-order valence-electron chi connectivity index (χ2n) is 9.84. The second-order valence-corrected chi connectivity index (χ2v) is 11.0. The molecule has 3 heterocycles. The molecule has 8 nitrogen and oxygen atoms in total. The van der Waals surface area contributed by atoms with Gasteiger partial charge in [-0.1, -0.05) is 24.3 Å². The van der Waals surface area contributed by atoms with Crippen molar-refractivity contribution >= 4 is 34.7 Å². The van der Waals surface area contributed by atoms with E-state index in [4.69, 9.17) is 9.47 Å². The number of fused-ring (bicyclic) bond motifs is 1.